The van der Waals surface area contributed by atoms with Crippen molar-refractivity contribution in [3.8, 4) is 0 Å². The monoisotopic (exact) mass is 230 g/mol. The number of amides is 1. The number of carboxylic acid groups (broad SMARTS) is 1. The van der Waals surface area contributed by atoms with Crippen LogP contribution < -0.4 is 10.6 Å². The van der Waals surface area contributed by atoms with Crippen LogP contribution in [0.15, 0.2) is 0 Å². The molecule has 1 fully saturated rings. The Balaban J connectivity index is 2.67. The summed E-state index contributed by atoms with van der Waals surface area (Å²) in [4.78, 5) is 22.7. The minimum atomic E-state index is -1.04. The molecule has 1 aliphatic heterocycles. The average molecular weight is 230 g/mol. The molecule has 0 bridgehead atoms. The Hall–Kier alpha value is -1.14. The van der Waals surface area contributed by atoms with Crippen LogP contribution >= 0.6 is 0 Å². The molecule has 3 unspecified atom stereocenters. The van der Waals surface area contributed by atoms with Gasteiger partial charge in [-0.15, -0.1) is 0 Å². The van der Waals surface area contributed by atoms with Crippen molar-refractivity contribution in [3.63, 3.8) is 0 Å². The first-order chi connectivity index (χ1) is 7.41. The minimum Gasteiger partial charge on any atom is -0.481 e. The number of carboxylic acids is 1. The van der Waals surface area contributed by atoms with Crippen molar-refractivity contribution in [1.29, 1.82) is 0 Å². The van der Waals surface area contributed by atoms with E-state index in [2.05, 4.69) is 10.6 Å². The van der Waals surface area contributed by atoms with E-state index >= 15 is 0 Å². The van der Waals surface area contributed by atoms with Crippen LogP contribution in [0.5, 0.6) is 0 Å². The first kappa shape index (κ1) is 12.9. The lowest BCUT2D eigenvalue weighted by Gasteiger charge is -2.26. The number of hydrogen-bond acceptors (Lipinski definition) is 4. The van der Waals surface area contributed by atoms with Crippen LogP contribution in [0, 0.1) is 5.41 Å². The topological polar surface area (TPSA) is 87.7 Å². The summed E-state index contributed by atoms with van der Waals surface area (Å²) >= 11 is 0. The zero-order chi connectivity index (χ0) is 12.3. The van der Waals surface area contributed by atoms with E-state index in [1.165, 1.54) is 0 Å². The fraction of sp³-hybridized carbons (Fsp3) is 0.800. The molecule has 0 saturated carbocycles. The van der Waals surface area contributed by atoms with Crippen LogP contribution in [0.1, 0.15) is 13.8 Å². The molecule has 92 valence electrons. The fourth-order valence-electron chi connectivity index (χ4n) is 1.51. The van der Waals surface area contributed by atoms with Crippen LogP contribution in [0.25, 0.3) is 0 Å². The average Bonchev–Trinajstić information content (AvgIpc) is 2.60. The molecule has 0 spiro atoms. The van der Waals surface area contributed by atoms with E-state index in [-0.39, 0.29) is 25.2 Å². The number of nitrogens with one attached hydrogen (secondary N) is 2. The van der Waals surface area contributed by atoms with Crippen LogP contribution in [-0.4, -0.2) is 49.3 Å². The maximum Gasteiger partial charge on any atom is 0.313 e. The third kappa shape index (κ3) is 2.33. The molecular formula is C10H18N2O4. The van der Waals surface area contributed by atoms with Gasteiger partial charge in [0.15, 0.2) is 0 Å². The van der Waals surface area contributed by atoms with E-state index in [1.54, 1.807) is 20.9 Å². The first-order valence-electron chi connectivity index (χ1n) is 5.20. The Kier molecular flexibility index (Phi) is 3.88. The third-order valence-electron chi connectivity index (χ3n) is 3.09. The van der Waals surface area contributed by atoms with Crippen molar-refractivity contribution >= 4 is 11.9 Å². The largest absolute Gasteiger partial charge is 0.481 e. The van der Waals surface area contributed by atoms with Crippen molar-refractivity contribution < 1.29 is 19.4 Å². The minimum absolute atomic E-state index is 0.126. The molecule has 0 radical (unpaired) electrons. The highest BCUT2D eigenvalue weighted by molar-refractivity contribution is 5.83. The zero-order valence-electron chi connectivity index (χ0n) is 9.74. The summed E-state index contributed by atoms with van der Waals surface area (Å²) in [6.45, 7) is 3.66. The summed E-state index contributed by atoms with van der Waals surface area (Å²) < 4.78 is 5.13. The number of likely N-dealkylation sites (N-methyl/N-ethyl adjacent to an activating group) is 1. The van der Waals surface area contributed by atoms with Crippen molar-refractivity contribution in [2.75, 3.05) is 20.3 Å². The van der Waals surface area contributed by atoms with Crippen LogP contribution in [0.3, 0.4) is 0 Å². The van der Waals surface area contributed by atoms with E-state index in [0.29, 0.717) is 0 Å². The summed E-state index contributed by atoms with van der Waals surface area (Å²) in [6, 6.07) is -0.827. The second kappa shape index (κ2) is 4.80. The van der Waals surface area contributed by atoms with Gasteiger partial charge < -0.3 is 20.5 Å². The smallest absolute Gasteiger partial charge is 0.313 e. The van der Waals surface area contributed by atoms with Gasteiger partial charge in [0.2, 0.25) is 5.91 Å². The van der Waals surface area contributed by atoms with Gasteiger partial charge in [0.25, 0.3) is 0 Å². The second-order valence-electron chi connectivity index (χ2n) is 4.31. The van der Waals surface area contributed by atoms with E-state index in [1.807, 2.05) is 0 Å². The third-order valence-corrected chi connectivity index (χ3v) is 3.09. The maximum atomic E-state index is 11.6. The molecule has 1 amide bonds. The lowest BCUT2D eigenvalue weighted by molar-refractivity contribution is -0.149. The van der Waals surface area contributed by atoms with Crippen LogP contribution in [-0.2, 0) is 14.3 Å². The molecule has 6 nitrogen and oxygen atoms in total. The van der Waals surface area contributed by atoms with Crippen LogP contribution in [0.4, 0.5) is 0 Å². The summed E-state index contributed by atoms with van der Waals surface area (Å²) in [5, 5.41) is 14.6. The highest BCUT2D eigenvalue weighted by atomic mass is 16.5. The molecule has 0 aromatic heterocycles. The summed E-state index contributed by atoms with van der Waals surface area (Å²) in [5.41, 5.74) is -1.04. The van der Waals surface area contributed by atoms with Crippen molar-refractivity contribution in [2.45, 2.75) is 25.9 Å². The Labute approximate surface area is 94.3 Å². The molecule has 1 aliphatic rings. The lowest BCUT2D eigenvalue weighted by Crippen LogP contribution is -2.53. The second-order valence-corrected chi connectivity index (χ2v) is 4.31. The lowest BCUT2D eigenvalue weighted by atomic mass is 9.85. The number of carbonyl (C=O) groups excluding carboxylic acids is 1. The zero-order valence-corrected chi connectivity index (χ0v) is 9.74. The Morgan fingerprint density at radius 3 is 2.69 bits per heavy atom. The standard InChI is InChI=1S/C10H18N2O4/c1-6(11-3)8(13)12-7-4-16-5-10(7,2)9(14)15/h6-7,11H,4-5H2,1-3H3,(H,12,13)(H,14,15). The molecule has 0 aromatic carbocycles. The highest BCUT2D eigenvalue weighted by Crippen LogP contribution is 2.28. The maximum absolute atomic E-state index is 11.6. The van der Waals surface area contributed by atoms with Gasteiger partial charge in [-0.05, 0) is 20.9 Å². The molecule has 3 N–H and O–H groups in total. The van der Waals surface area contributed by atoms with Crippen molar-refractivity contribution in [1.82, 2.24) is 10.6 Å². The Morgan fingerprint density at radius 2 is 2.19 bits per heavy atom. The molecule has 1 saturated heterocycles. The molecule has 1 heterocycles. The Morgan fingerprint density at radius 1 is 1.56 bits per heavy atom. The van der Waals surface area contributed by atoms with Crippen molar-refractivity contribution in [2.24, 2.45) is 5.41 Å². The number of aliphatic carboxylic acids is 1. The van der Waals surface area contributed by atoms with Gasteiger partial charge in [0, 0.05) is 0 Å². The van der Waals surface area contributed by atoms with Gasteiger partial charge in [-0.3, -0.25) is 9.59 Å². The molecule has 6 heteroatoms. The predicted molar refractivity (Wildman–Crippen MR) is 57.0 cm³/mol. The van der Waals surface area contributed by atoms with Gasteiger partial charge in [0.1, 0.15) is 5.41 Å². The molecule has 3 atom stereocenters. The van der Waals surface area contributed by atoms with Gasteiger partial charge in [-0.25, -0.2) is 0 Å². The van der Waals surface area contributed by atoms with Gasteiger partial charge in [0.05, 0.1) is 25.3 Å². The van der Waals surface area contributed by atoms with Gasteiger partial charge in [-0.2, -0.15) is 0 Å². The molecule has 0 aliphatic carbocycles. The van der Waals surface area contributed by atoms with Gasteiger partial charge in [-0.1, -0.05) is 0 Å². The SMILES string of the molecule is CNC(C)C(=O)NC1COCC1(C)C(=O)O. The number of hydrogen-bond donors (Lipinski definition) is 3. The Bertz CT molecular complexity index is 295. The highest BCUT2D eigenvalue weighted by Gasteiger charge is 2.47. The number of ether oxygens (including phenoxy) is 1. The van der Waals surface area contributed by atoms with E-state index in [0.717, 1.165) is 0 Å². The quantitative estimate of drug-likeness (QED) is 0.588. The first-order valence-corrected chi connectivity index (χ1v) is 5.20. The number of carbonyl (C=O) groups is 2. The fourth-order valence-corrected chi connectivity index (χ4v) is 1.51. The number of rotatable bonds is 4. The normalized spacial score (nSPS) is 31.1. The molecular weight excluding hydrogens is 212 g/mol. The van der Waals surface area contributed by atoms with Gasteiger partial charge >= 0.3 is 5.97 Å². The summed E-state index contributed by atoms with van der Waals surface area (Å²) in [6.07, 6.45) is 0. The van der Waals surface area contributed by atoms with E-state index in [4.69, 9.17) is 9.84 Å². The molecule has 0 aromatic rings. The van der Waals surface area contributed by atoms with Crippen LogP contribution in [0.2, 0.25) is 0 Å². The molecule has 1 rings (SSSR count). The predicted octanol–water partition coefficient (Wildman–Crippen LogP) is -0.800. The summed E-state index contributed by atoms with van der Waals surface area (Å²) in [7, 11) is 1.67. The molecule has 16 heavy (non-hydrogen) atoms. The van der Waals surface area contributed by atoms with E-state index < -0.39 is 17.4 Å². The van der Waals surface area contributed by atoms with E-state index in [9.17, 15) is 9.59 Å². The summed E-state index contributed by atoms with van der Waals surface area (Å²) in [5.74, 6) is -1.17. The van der Waals surface area contributed by atoms with Crippen molar-refractivity contribution in [3.05, 3.63) is 0 Å².